The van der Waals surface area contributed by atoms with Crippen LogP contribution in [0.2, 0.25) is 0 Å². The van der Waals surface area contributed by atoms with E-state index in [-0.39, 0.29) is 16.3 Å². The van der Waals surface area contributed by atoms with Gasteiger partial charge < -0.3 is 14.8 Å². The summed E-state index contributed by atoms with van der Waals surface area (Å²) in [4.78, 5) is 12.9. The van der Waals surface area contributed by atoms with Gasteiger partial charge in [-0.15, -0.1) is 11.3 Å². The molecule has 1 aromatic heterocycles. The predicted molar refractivity (Wildman–Crippen MR) is 126 cm³/mol. The van der Waals surface area contributed by atoms with E-state index < -0.39 is 15.9 Å². The summed E-state index contributed by atoms with van der Waals surface area (Å²) in [5, 5.41) is 4.40. The van der Waals surface area contributed by atoms with E-state index in [9.17, 15) is 13.2 Å². The average molecular weight is 475 g/mol. The lowest BCUT2D eigenvalue weighted by Crippen LogP contribution is -2.29. The molecule has 9 heteroatoms. The minimum atomic E-state index is -3.92. The van der Waals surface area contributed by atoms with Crippen molar-refractivity contribution in [3.05, 3.63) is 70.4 Å². The van der Waals surface area contributed by atoms with E-state index >= 15 is 0 Å². The second-order valence-electron chi connectivity index (χ2n) is 6.78. The molecule has 0 bridgehead atoms. The number of thiophene rings is 1. The number of sulfonamides is 1. The van der Waals surface area contributed by atoms with Crippen LogP contribution in [0.4, 0.5) is 5.69 Å². The number of rotatable bonds is 10. The SMILES string of the molecule is CCOc1ccc(N(C)S(=O)(=O)c2ccsc2C(=O)NCc2cccc(OCC)c2)cc1. The molecule has 0 aliphatic heterocycles. The van der Waals surface area contributed by atoms with Crippen LogP contribution in [-0.2, 0) is 16.6 Å². The lowest BCUT2D eigenvalue weighted by Gasteiger charge is -2.20. The molecule has 0 aliphatic carbocycles. The fourth-order valence-electron chi connectivity index (χ4n) is 3.05. The summed E-state index contributed by atoms with van der Waals surface area (Å²) in [7, 11) is -2.46. The highest BCUT2D eigenvalue weighted by molar-refractivity contribution is 7.93. The van der Waals surface area contributed by atoms with Gasteiger partial charge in [0.25, 0.3) is 15.9 Å². The second kappa shape index (κ2) is 10.5. The second-order valence-corrected chi connectivity index (χ2v) is 9.63. The third kappa shape index (κ3) is 5.41. The normalized spacial score (nSPS) is 11.1. The highest BCUT2D eigenvalue weighted by Crippen LogP contribution is 2.29. The Bertz CT molecular complexity index is 1160. The van der Waals surface area contributed by atoms with Crippen molar-refractivity contribution in [2.75, 3.05) is 24.6 Å². The van der Waals surface area contributed by atoms with Crippen molar-refractivity contribution >= 4 is 33.0 Å². The Labute approximate surface area is 192 Å². The van der Waals surface area contributed by atoms with Crippen LogP contribution in [0.25, 0.3) is 0 Å². The van der Waals surface area contributed by atoms with E-state index in [1.54, 1.807) is 29.6 Å². The topological polar surface area (TPSA) is 84.9 Å². The molecule has 1 heterocycles. The molecule has 0 saturated carbocycles. The standard InChI is InChI=1S/C23H26N2O5S2/c1-4-29-19-11-9-18(10-12-19)25(3)32(27,28)21-13-14-31-22(21)23(26)24-16-17-7-6-8-20(15-17)30-5-2/h6-15H,4-5,16H2,1-3H3,(H,24,26). The Morgan fingerprint density at radius 1 is 1.00 bits per heavy atom. The van der Waals surface area contributed by atoms with Gasteiger partial charge in [-0.2, -0.15) is 0 Å². The smallest absolute Gasteiger partial charge is 0.265 e. The van der Waals surface area contributed by atoms with E-state index in [4.69, 9.17) is 9.47 Å². The molecule has 0 saturated heterocycles. The average Bonchev–Trinajstić information content (AvgIpc) is 3.29. The first-order valence-corrected chi connectivity index (χ1v) is 12.5. The highest BCUT2D eigenvalue weighted by atomic mass is 32.2. The molecule has 3 aromatic rings. The third-order valence-corrected chi connectivity index (χ3v) is 7.52. The molecule has 3 rings (SSSR count). The molecule has 1 amide bonds. The molecule has 0 spiro atoms. The molecule has 32 heavy (non-hydrogen) atoms. The van der Waals surface area contributed by atoms with Crippen LogP contribution in [0.3, 0.4) is 0 Å². The Morgan fingerprint density at radius 2 is 1.69 bits per heavy atom. The van der Waals surface area contributed by atoms with Crippen molar-refractivity contribution in [1.29, 1.82) is 0 Å². The zero-order chi connectivity index (χ0) is 23.1. The van der Waals surface area contributed by atoms with Gasteiger partial charge in [-0.3, -0.25) is 9.10 Å². The lowest BCUT2D eigenvalue weighted by atomic mass is 10.2. The number of hydrogen-bond acceptors (Lipinski definition) is 6. The Balaban J connectivity index is 1.75. The van der Waals surface area contributed by atoms with Crippen LogP contribution in [0.15, 0.2) is 64.9 Å². The summed E-state index contributed by atoms with van der Waals surface area (Å²) in [6.45, 7) is 5.11. The summed E-state index contributed by atoms with van der Waals surface area (Å²) in [5.74, 6) is 0.933. The Morgan fingerprint density at radius 3 is 2.38 bits per heavy atom. The van der Waals surface area contributed by atoms with E-state index in [0.717, 1.165) is 27.0 Å². The van der Waals surface area contributed by atoms with Crippen molar-refractivity contribution in [2.24, 2.45) is 0 Å². The number of anilines is 1. The van der Waals surface area contributed by atoms with E-state index in [1.165, 1.54) is 13.1 Å². The van der Waals surface area contributed by atoms with Gasteiger partial charge in [-0.05, 0) is 67.3 Å². The number of benzene rings is 2. The molecule has 0 unspecified atom stereocenters. The van der Waals surface area contributed by atoms with Gasteiger partial charge in [0.05, 0.1) is 18.9 Å². The molecular weight excluding hydrogens is 448 g/mol. The van der Waals surface area contributed by atoms with Crippen LogP contribution < -0.4 is 19.1 Å². The number of carbonyl (C=O) groups is 1. The van der Waals surface area contributed by atoms with Gasteiger partial charge in [0.1, 0.15) is 21.3 Å². The first kappa shape index (κ1) is 23.6. The number of amides is 1. The van der Waals surface area contributed by atoms with Crippen LogP contribution in [-0.4, -0.2) is 34.6 Å². The minimum absolute atomic E-state index is 0.0283. The fourth-order valence-corrected chi connectivity index (χ4v) is 5.56. The molecule has 0 fully saturated rings. The Kier molecular flexibility index (Phi) is 7.76. The monoisotopic (exact) mass is 474 g/mol. The van der Waals surface area contributed by atoms with Gasteiger partial charge >= 0.3 is 0 Å². The van der Waals surface area contributed by atoms with Crippen LogP contribution in [0, 0.1) is 0 Å². The Hall–Kier alpha value is -3.04. The van der Waals surface area contributed by atoms with Crippen molar-refractivity contribution in [3.8, 4) is 11.5 Å². The number of nitrogens with zero attached hydrogens (tertiary/aromatic N) is 1. The van der Waals surface area contributed by atoms with E-state index in [0.29, 0.717) is 24.7 Å². The first-order valence-electron chi connectivity index (χ1n) is 10.2. The summed E-state index contributed by atoms with van der Waals surface area (Å²) in [6, 6.07) is 15.6. The van der Waals surface area contributed by atoms with Crippen LogP contribution in [0.5, 0.6) is 11.5 Å². The zero-order valence-electron chi connectivity index (χ0n) is 18.2. The summed E-state index contributed by atoms with van der Waals surface area (Å²) in [6.07, 6.45) is 0. The van der Waals surface area contributed by atoms with Crippen LogP contribution >= 0.6 is 11.3 Å². The van der Waals surface area contributed by atoms with Crippen molar-refractivity contribution in [3.63, 3.8) is 0 Å². The summed E-state index contributed by atoms with van der Waals surface area (Å²) in [5.41, 5.74) is 1.33. The predicted octanol–water partition coefficient (Wildman–Crippen LogP) is 4.30. The number of hydrogen-bond donors (Lipinski definition) is 1. The van der Waals surface area contributed by atoms with Crippen molar-refractivity contribution < 1.29 is 22.7 Å². The van der Waals surface area contributed by atoms with Gasteiger partial charge in [0.15, 0.2) is 0 Å². The molecule has 7 nitrogen and oxygen atoms in total. The van der Waals surface area contributed by atoms with Gasteiger partial charge in [-0.25, -0.2) is 8.42 Å². The third-order valence-electron chi connectivity index (χ3n) is 4.65. The van der Waals surface area contributed by atoms with Gasteiger partial charge in [-0.1, -0.05) is 12.1 Å². The largest absolute Gasteiger partial charge is 0.494 e. The molecule has 0 aliphatic rings. The van der Waals surface area contributed by atoms with Crippen molar-refractivity contribution in [2.45, 2.75) is 25.3 Å². The lowest BCUT2D eigenvalue weighted by molar-refractivity contribution is 0.0952. The quantitative estimate of drug-likeness (QED) is 0.474. The number of carbonyl (C=O) groups excluding carboxylic acids is 1. The number of nitrogens with one attached hydrogen (secondary N) is 1. The molecule has 2 aromatic carbocycles. The molecule has 0 atom stereocenters. The first-order chi connectivity index (χ1) is 15.4. The molecular formula is C23H26N2O5S2. The minimum Gasteiger partial charge on any atom is -0.494 e. The molecule has 0 radical (unpaired) electrons. The highest BCUT2D eigenvalue weighted by Gasteiger charge is 2.28. The maximum atomic E-state index is 13.2. The summed E-state index contributed by atoms with van der Waals surface area (Å²) < 4.78 is 38.5. The van der Waals surface area contributed by atoms with Gasteiger partial charge in [0, 0.05) is 13.6 Å². The maximum absolute atomic E-state index is 13.2. The van der Waals surface area contributed by atoms with Gasteiger partial charge in [0.2, 0.25) is 0 Å². The summed E-state index contributed by atoms with van der Waals surface area (Å²) >= 11 is 1.09. The maximum Gasteiger partial charge on any atom is 0.265 e. The van der Waals surface area contributed by atoms with E-state index in [2.05, 4.69) is 5.32 Å². The van der Waals surface area contributed by atoms with Crippen molar-refractivity contribution in [1.82, 2.24) is 5.32 Å². The fraction of sp³-hybridized carbons (Fsp3) is 0.261. The number of ether oxygens (including phenoxy) is 2. The van der Waals surface area contributed by atoms with Crippen LogP contribution in [0.1, 0.15) is 29.1 Å². The zero-order valence-corrected chi connectivity index (χ0v) is 19.8. The molecule has 1 N–H and O–H groups in total. The van der Waals surface area contributed by atoms with E-state index in [1.807, 2.05) is 38.1 Å². The molecule has 170 valence electrons.